The highest BCUT2D eigenvalue weighted by Crippen LogP contribution is 2.31. The molecule has 2 rings (SSSR count). The number of nitrogens with zero attached hydrogens (tertiary/aromatic N) is 2. The Morgan fingerprint density at radius 1 is 1.35 bits per heavy atom. The molecule has 0 aliphatic rings. The van der Waals surface area contributed by atoms with Gasteiger partial charge in [-0.1, -0.05) is 13.0 Å². The van der Waals surface area contributed by atoms with Gasteiger partial charge in [0.2, 0.25) is 0 Å². The summed E-state index contributed by atoms with van der Waals surface area (Å²) in [7, 11) is 0. The molecule has 0 saturated heterocycles. The van der Waals surface area contributed by atoms with Gasteiger partial charge in [-0.2, -0.15) is 5.10 Å². The molecule has 1 unspecified atom stereocenters. The van der Waals surface area contributed by atoms with Gasteiger partial charge in [-0.25, -0.2) is 8.78 Å². The molecule has 1 atom stereocenters. The van der Waals surface area contributed by atoms with Crippen LogP contribution in [0.25, 0.3) is 0 Å². The molecule has 0 radical (unpaired) electrons. The van der Waals surface area contributed by atoms with E-state index in [0.29, 0.717) is 12.1 Å². The van der Waals surface area contributed by atoms with E-state index in [1.54, 1.807) is 16.9 Å². The fraction of sp³-hybridized carbons (Fsp3) is 0.357. The lowest BCUT2D eigenvalue weighted by Gasteiger charge is -2.19. The lowest BCUT2D eigenvalue weighted by atomic mass is 10.0. The van der Waals surface area contributed by atoms with Crippen molar-refractivity contribution in [1.29, 1.82) is 0 Å². The molecular formula is C14H16BrF2N3. The van der Waals surface area contributed by atoms with Gasteiger partial charge in [-0.05, 0) is 41.0 Å². The first-order valence-corrected chi connectivity index (χ1v) is 7.26. The van der Waals surface area contributed by atoms with Gasteiger partial charge in [0.25, 0.3) is 0 Å². The Morgan fingerprint density at radius 2 is 2.10 bits per heavy atom. The van der Waals surface area contributed by atoms with Gasteiger partial charge >= 0.3 is 0 Å². The maximum atomic E-state index is 13.7. The molecule has 0 bridgehead atoms. The minimum atomic E-state index is -0.867. The fourth-order valence-corrected chi connectivity index (χ4v) is 2.63. The molecule has 0 spiro atoms. The van der Waals surface area contributed by atoms with Crippen molar-refractivity contribution >= 4 is 15.9 Å². The van der Waals surface area contributed by atoms with Crippen molar-refractivity contribution in [1.82, 2.24) is 15.1 Å². The zero-order chi connectivity index (χ0) is 14.7. The Balaban J connectivity index is 2.45. The van der Waals surface area contributed by atoms with Crippen LogP contribution in [0.5, 0.6) is 0 Å². The molecule has 0 aliphatic heterocycles. The van der Waals surface area contributed by atoms with E-state index in [4.69, 9.17) is 0 Å². The number of aryl methyl sites for hydroxylation is 1. The molecule has 0 saturated carbocycles. The van der Waals surface area contributed by atoms with Crippen LogP contribution in [0, 0.1) is 11.6 Å². The second-order valence-electron chi connectivity index (χ2n) is 4.38. The van der Waals surface area contributed by atoms with Crippen molar-refractivity contribution in [3.63, 3.8) is 0 Å². The lowest BCUT2D eigenvalue weighted by Crippen LogP contribution is -2.22. The average Bonchev–Trinajstić information content (AvgIpc) is 2.92. The molecule has 108 valence electrons. The van der Waals surface area contributed by atoms with Crippen molar-refractivity contribution in [2.45, 2.75) is 26.4 Å². The SMILES string of the molecule is CCNC(c1cnn(CC)c1)c1ccc(F)c(F)c1Br. The highest BCUT2D eigenvalue weighted by Gasteiger charge is 2.21. The van der Waals surface area contributed by atoms with Gasteiger partial charge in [0, 0.05) is 18.3 Å². The average molecular weight is 344 g/mol. The summed E-state index contributed by atoms with van der Waals surface area (Å²) in [6, 6.07) is 2.49. The molecule has 6 heteroatoms. The molecule has 0 fully saturated rings. The number of benzene rings is 1. The van der Waals surface area contributed by atoms with E-state index in [1.807, 2.05) is 20.0 Å². The second-order valence-corrected chi connectivity index (χ2v) is 5.18. The van der Waals surface area contributed by atoms with E-state index in [0.717, 1.165) is 18.2 Å². The number of nitrogens with one attached hydrogen (secondary N) is 1. The quantitative estimate of drug-likeness (QED) is 0.840. The first kappa shape index (κ1) is 15.1. The van der Waals surface area contributed by atoms with Gasteiger partial charge in [0.15, 0.2) is 11.6 Å². The topological polar surface area (TPSA) is 29.9 Å². The van der Waals surface area contributed by atoms with Crippen LogP contribution in [0.4, 0.5) is 8.78 Å². The monoisotopic (exact) mass is 343 g/mol. The molecular weight excluding hydrogens is 328 g/mol. The molecule has 1 aromatic carbocycles. The van der Waals surface area contributed by atoms with Crippen molar-refractivity contribution < 1.29 is 8.78 Å². The van der Waals surface area contributed by atoms with E-state index in [9.17, 15) is 8.78 Å². The first-order chi connectivity index (χ1) is 9.58. The van der Waals surface area contributed by atoms with Crippen LogP contribution in [0.3, 0.4) is 0 Å². The Kier molecular flexibility index (Phi) is 4.88. The van der Waals surface area contributed by atoms with Crippen LogP contribution < -0.4 is 5.32 Å². The summed E-state index contributed by atoms with van der Waals surface area (Å²) in [5, 5.41) is 7.49. The van der Waals surface area contributed by atoms with Crippen molar-refractivity contribution in [3.8, 4) is 0 Å². The van der Waals surface area contributed by atoms with Gasteiger partial charge in [0.1, 0.15) is 0 Å². The summed E-state index contributed by atoms with van der Waals surface area (Å²) in [6.45, 7) is 5.42. The third kappa shape index (κ3) is 2.91. The predicted molar refractivity (Wildman–Crippen MR) is 77.5 cm³/mol. The Morgan fingerprint density at radius 3 is 2.70 bits per heavy atom. The van der Waals surface area contributed by atoms with E-state index < -0.39 is 11.6 Å². The highest BCUT2D eigenvalue weighted by atomic mass is 79.9. The third-order valence-corrected chi connectivity index (χ3v) is 3.90. The fourth-order valence-electron chi connectivity index (χ4n) is 2.08. The summed E-state index contributed by atoms with van der Waals surface area (Å²) in [5.74, 6) is -1.73. The number of hydrogen-bond donors (Lipinski definition) is 1. The largest absolute Gasteiger partial charge is 0.306 e. The van der Waals surface area contributed by atoms with Crippen LogP contribution in [-0.4, -0.2) is 16.3 Å². The van der Waals surface area contributed by atoms with Gasteiger partial charge in [-0.15, -0.1) is 0 Å². The molecule has 3 nitrogen and oxygen atoms in total. The molecule has 2 aromatic rings. The van der Waals surface area contributed by atoms with E-state index in [-0.39, 0.29) is 10.5 Å². The third-order valence-electron chi connectivity index (χ3n) is 3.09. The van der Waals surface area contributed by atoms with E-state index in [2.05, 4.69) is 26.3 Å². The van der Waals surface area contributed by atoms with Crippen LogP contribution in [0.1, 0.15) is 31.0 Å². The summed E-state index contributed by atoms with van der Waals surface area (Å²) in [5.41, 5.74) is 1.57. The molecule has 1 aromatic heterocycles. The smallest absolute Gasteiger partial charge is 0.173 e. The maximum Gasteiger partial charge on any atom is 0.173 e. The minimum Gasteiger partial charge on any atom is -0.306 e. The Labute approximate surface area is 125 Å². The zero-order valence-electron chi connectivity index (χ0n) is 11.3. The van der Waals surface area contributed by atoms with Crippen LogP contribution in [-0.2, 0) is 6.54 Å². The summed E-state index contributed by atoms with van der Waals surface area (Å²) < 4.78 is 28.9. The van der Waals surface area contributed by atoms with Crippen molar-refractivity contribution in [2.24, 2.45) is 0 Å². The molecule has 1 heterocycles. The van der Waals surface area contributed by atoms with Gasteiger partial charge < -0.3 is 5.32 Å². The second kappa shape index (κ2) is 6.45. The van der Waals surface area contributed by atoms with Gasteiger partial charge in [-0.3, -0.25) is 4.68 Å². The molecule has 20 heavy (non-hydrogen) atoms. The lowest BCUT2D eigenvalue weighted by molar-refractivity contribution is 0.498. The Hall–Kier alpha value is -1.27. The normalized spacial score (nSPS) is 12.7. The summed E-state index contributed by atoms with van der Waals surface area (Å²) >= 11 is 3.14. The van der Waals surface area contributed by atoms with E-state index >= 15 is 0 Å². The molecule has 1 N–H and O–H groups in total. The van der Waals surface area contributed by atoms with Crippen LogP contribution in [0.15, 0.2) is 29.0 Å². The van der Waals surface area contributed by atoms with Crippen LogP contribution >= 0.6 is 15.9 Å². The number of hydrogen-bond acceptors (Lipinski definition) is 2. The number of rotatable bonds is 5. The maximum absolute atomic E-state index is 13.7. The minimum absolute atomic E-state index is 0.146. The Bertz CT molecular complexity index is 598. The van der Waals surface area contributed by atoms with E-state index in [1.165, 1.54) is 0 Å². The van der Waals surface area contributed by atoms with Crippen molar-refractivity contribution in [2.75, 3.05) is 6.54 Å². The standard InChI is InChI=1S/C14H16BrF2N3/c1-3-18-14(9-7-19-20(4-2)8-9)10-5-6-11(16)13(17)12(10)15/h5-8,14,18H,3-4H2,1-2H3. The number of aromatic nitrogens is 2. The first-order valence-electron chi connectivity index (χ1n) is 6.47. The summed E-state index contributed by atoms with van der Waals surface area (Å²) in [4.78, 5) is 0. The van der Waals surface area contributed by atoms with Crippen LogP contribution in [0.2, 0.25) is 0 Å². The summed E-state index contributed by atoms with van der Waals surface area (Å²) in [6.07, 6.45) is 3.64. The molecule has 0 aliphatic carbocycles. The van der Waals surface area contributed by atoms with Crippen molar-refractivity contribution in [3.05, 3.63) is 51.8 Å². The predicted octanol–water partition coefficient (Wildman–Crippen LogP) is 3.64. The highest BCUT2D eigenvalue weighted by molar-refractivity contribution is 9.10. The van der Waals surface area contributed by atoms with Gasteiger partial charge in [0.05, 0.1) is 16.7 Å². The zero-order valence-corrected chi connectivity index (χ0v) is 12.9. The molecule has 0 amide bonds. The number of halogens is 3.